The first kappa shape index (κ1) is 22.6. The minimum absolute atomic E-state index is 0.124. The van der Waals surface area contributed by atoms with Gasteiger partial charge in [0, 0.05) is 23.3 Å². The van der Waals surface area contributed by atoms with Gasteiger partial charge in [0.15, 0.2) is 0 Å². The SMILES string of the molecule is O=C(N/N=C/c1c(OC(=O)c2ccccc2Cl)ccc2ccccc12)c1ccc([N+](=O)[O-])cc1. The Hall–Kier alpha value is -4.56. The van der Waals surface area contributed by atoms with Crippen LogP contribution < -0.4 is 10.2 Å². The van der Waals surface area contributed by atoms with Gasteiger partial charge < -0.3 is 4.74 Å². The van der Waals surface area contributed by atoms with E-state index in [-0.39, 0.29) is 27.6 Å². The van der Waals surface area contributed by atoms with Crippen molar-refractivity contribution in [2.24, 2.45) is 5.10 Å². The van der Waals surface area contributed by atoms with Gasteiger partial charge in [0.25, 0.3) is 11.6 Å². The van der Waals surface area contributed by atoms with Crippen molar-refractivity contribution < 1.29 is 19.2 Å². The van der Waals surface area contributed by atoms with E-state index >= 15 is 0 Å². The minimum atomic E-state index is -0.634. The summed E-state index contributed by atoms with van der Waals surface area (Å²) in [5.74, 6) is -0.955. The second-order valence-corrected chi connectivity index (χ2v) is 7.48. The molecule has 34 heavy (non-hydrogen) atoms. The van der Waals surface area contributed by atoms with Gasteiger partial charge in [0.1, 0.15) is 5.75 Å². The van der Waals surface area contributed by atoms with Crippen molar-refractivity contribution >= 4 is 46.2 Å². The second-order valence-electron chi connectivity index (χ2n) is 7.07. The molecule has 0 spiro atoms. The Bertz CT molecular complexity index is 1430. The first-order chi connectivity index (χ1) is 16.4. The van der Waals surface area contributed by atoms with Gasteiger partial charge in [0.2, 0.25) is 0 Å². The van der Waals surface area contributed by atoms with E-state index in [9.17, 15) is 19.7 Å². The van der Waals surface area contributed by atoms with Crippen LogP contribution in [-0.4, -0.2) is 23.0 Å². The Balaban J connectivity index is 1.61. The number of benzene rings is 4. The molecule has 1 N–H and O–H groups in total. The molecule has 8 nitrogen and oxygen atoms in total. The lowest BCUT2D eigenvalue weighted by atomic mass is 10.0. The first-order valence-electron chi connectivity index (χ1n) is 10.0. The van der Waals surface area contributed by atoms with Crippen molar-refractivity contribution in [1.29, 1.82) is 0 Å². The summed E-state index contributed by atoms with van der Waals surface area (Å²) in [4.78, 5) is 35.3. The zero-order chi connectivity index (χ0) is 24.1. The quantitative estimate of drug-likeness (QED) is 0.133. The molecule has 4 aromatic carbocycles. The maximum Gasteiger partial charge on any atom is 0.345 e. The molecule has 0 saturated carbocycles. The van der Waals surface area contributed by atoms with Crippen LogP contribution in [0.25, 0.3) is 10.8 Å². The van der Waals surface area contributed by atoms with Crippen molar-refractivity contribution in [3.8, 4) is 5.75 Å². The highest BCUT2D eigenvalue weighted by molar-refractivity contribution is 6.33. The number of halogens is 1. The summed E-state index contributed by atoms with van der Waals surface area (Å²) in [7, 11) is 0. The molecule has 0 radical (unpaired) electrons. The average molecular weight is 474 g/mol. The largest absolute Gasteiger partial charge is 0.422 e. The van der Waals surface area contributed by atoms with Crippen LogP contribution in [0.4, 0.5) is 5.69 Å². The third-order valence-electron chi connectivity index (χ3n) is 4.93. The lowest BCUT2D eigenvalue weighted by Gasteiger charge is -2.11. The maximum atomic E-state index is 12.7. The Morgan fingerprint density at radius 2 is 1.65 bits per heavy atom. The van der Waals surface area contributed by atoms with Gasteiger partial charge in [-0.05, 0) is 41.1 Å². The maximum absolute atomic E-state index is 12.7. The highest BCUT2D eigenvalue weighted by Gasteiger charge is 2.16. The number of hydrazone groups is 1. The molecular formula is C25H16ClN3O5. The number of amides is 1. The molecule has 4 aromatic rings. The normalized spacial score (nSPS) is 10.9. The Morgan fingerprint density at radius 3 is 2.38 bits per heavy atom. The van der Waals surface area contributed by atoms with Crippen LogP contribution in [-0.2, 0) is 0 Å². The number of carbonyl (C=O) groups is 2. The number of non-ortho nitro benzene ring substituents is 1. The van der Waals surface area contributed by atoms with E-state index in [1.807, 2.05) is 24.3 Å². The van der Waals surface area contributed by atoms with Crippen LogP contribution in [0.15, 0.2) is 90.0 Å². The number of nitrogens with zero attached hydrogens (tertiary/aromatic N) is 2. The monoisotopic (exact) mass is 473 g/mol. The van der Waals surface area contributed by atoms with Crippen LogP contribution in [0, 0.1) is 10.1 Å². The third kappa shape index (κ3) is 4.92. The molecule has 9 heteroatoms. The smallest absolute Gasteiger partial charge is 0.345 e. The fourth-order valence-electron chi connectivity index (χ4n) is 3.23. The lowest BCUT2D eigenvalue weighted by Crippen LogP contribution is -2.17. The third-order valence-corrected chi connectivity index (χ3v) is 5.26. The highest BCUT2D eigenvalue weighted by Crippen LogP contribution is 2.28. The van der Waals surface area contributed by atoms with E-state index in [1.165, 1.54) is 30.5 Å². The lowest BCUT2D eigenvalue weighted by molar-refractivity contribution is -0.384. The van der Waals surface area contributed by atoms with Crippen LogP contribution in [0.2, 0.25) is 5.02 Å². The van der Waals surface area contributed by atoms with E-state index in [2.05, 4.69) is 10.5 Å². The molecule has 168 valence electrons. The predicted molar refractivity (Wildman–Crippen MR) is 129 cm³/mol. The fourth-order valence-corrected chi connectivity index (χ4v) is 3.45. The van der Waals surface area contributed by atoms with Crippen molar-refractivity contribution in [3.63, 3.8) is 0 Å². The molecule has 0 fully saturated rings. The number of esters is 1. The number of nitrogens with one attached hydrogen (secondary N) is 1. The van der Waals surface area contributed by atoms with Gasteiger partial charge >= 0.3 is 5.97 Å². The summed E-state index contributed by atoms with van der Waals surface area (Å²) < 4.78 is 5.61. The molecule has 0 heterocycles. The number of nitro benzene ring substituents is 1. The number of fused-ring (bicyclic) bond motifs is 1. The van der Waals surface area contributed by atoms with Crippen LogP contribution in [0.5, 0.6) is 5.75 Å². The van der Waals surface area contributed by atoms with Crippen LogP contribution in [0.3, 0.4) is 0 Å². The van der Waals surface area contributed by atoms with Gasteiger partial charge in [-0.25, -0.2) is 10.2 Å². The van der Waals surface area contributed by atoms with E-state index in [0.29, 0.717) is 5.56 Å². The summed E-state index contributed by atoms with van der Waals surface area (Å²) in [5, 5.41) is 16.7. The molecule has 4 rings (SSSR count). The molecular weight excluding hydrogens is 458 g/mol. The second kappa shape index (κ2) is 9.93. The van der Waals surface area contributed by atoms with Crippen molar-refractivity contribution in [2.75, 3.05) is 0 Å². The minimum Gasteiger partial charge on any atom is -0.422 e. The molecule has 0 aromatic heterocycles. The average Bonchev–Trinajstić information content (AvgIpc) is 2.85. The molecule has 0 aliphatic carbocycles. The Labute approximate surface area is 198 Å². The van der Waals surface area contributed by atoms with E-state index in [0.717, 1.165) is 10.8 Å². The number of nitro groups is 1. The summed E-state index contributed by atoms with van der Waals surface area (Å²) in [5.41, 5.74) is 3.15. The molecule has 0 atom stereocenters. The number of hydrogen-bond donors (Lipinski definition) is 1. The van der Waals surface area contributed by atoms with Crippen molar-refractivity contribution in [1.82, 2.24) is 5.43 Å². The van der Waals surface area contributed by atoms with Crippen molar-refractivity contribution in [2.45, 2.75) is 0 Å². The molecule has 0 saturated heterocycles. The summed E-state index contributed by atoms with van der Waals surface area (Å²) in [6.07, 6.45) is 1.38. The Kier molecular flexibility index (Phi) is 6.61. The summed E-state index contributed by atoms with van der Waals surface area (Å²) in [6.45, 7) is 0. The molecule has 1 amide bonds. The topological polar surface area (TPSA) is 111 Å². The molecule has 0 aliphatic heterocycles. The number of carbonyl (C=O) groups excluding carboxylic acids is 2. The van der Waals surface area contributed by atoms with Crippen LogP contribution in [0.1, 0.15) is 26.3 Å². The molecule has 0 bridgehead atoms. The summed E-state index contributed by atoms with van der Waals surface area (Å²) in [6, 6.07) is 22.5. The van der Waals surface area contributed by atoms with E-state index < -0.39 is 16.8 Å². The number of rotatable bonds is 6. The zero-order valence-electron chi connectivity index (χ0n) is 17.5. The van der Waals surface area contributed by atoms with Gasteiger partial charge in [-0.2, -0.15) is 5.10 Å². The van der Waals surface area contributed by atoms with Crippen LogP contribution >= 0.6 is 11.6 Å². The number of hydrogen-bond acceptors (Lipinski definition) is 6. The molecule has 0 unspecified atom stereocenters. The van der Waals surface area contributed by atoms with Gasteiger partial charge in [-0.3, -0.25) is 14.9 Å². The Morgan fingerprint density at radius 1 is 0.941 bits per heavy atom. The first-order valence-corrected chi connectivity index (χ1v) is 10.4. The van der Waals surface area contributed by atoms with Gasteiger partial charge in [-0.15, -0.1) is 0 Å². The summed E-state index contributed by atoms with van der Waals surface area (Å²) >= 11 is 6.11. The zero-order valence-corrected chi connectivity index (χ0v) is 18.2. The van der Waals surface area contributed by atoms with E-state index in [4.69, 9.17) is 16.3 Å². The van der Waals surface area contributed by atoms with Gasteiger partial charge in [0.05, 0.1) is 21.7 Å². The van der Waals surface area contributed by atoms with Gasteiger partial charge in [-0.1, -0.05) is 54.1 Å². The standard InChI is InChI=1S/C25H16ClN3O5/c26-22-8-4-3-7-20(22)25(31)34-23-14-11-16-5-1-2-6-19(16)21(23)15-27-28-24(30)17-9-12-18(13-10-17)29(32)33/h1-15H,(H,28,30)/b27-15+. The van der Waals surface area contributed by atoms with Crippen molar-refractivity contribution in [3.05, 3.63) is 117 Å². The number of ether oxygens (including phenoxy) is 1. The molecule has 0 aliphatic rings. The highest BCUT2D eigenvalue weighted by atomic mass is 35.5. The fraction of sp³-hybridized carbons (Fsp3) is 0. The van der Waals surface area contributed by atoms with E-state index in [1.54, 1.807) is 36.4 Å². The predicted octanol–water partition coefficient (Wildman–Crippen LogP) is 5.38.